The molecule has 0 amide bonds. The molecule has 3 atom stereocenters. The van der Waals surface area contributed by atoms with E-state index in [0.29, 0.717) is 12.8 Å². The number of carbonyl (C=O) groups excluding carboxylic acids is 1. The second kappa shape index (κ2) is 9.34. The van der Waals surface area contributed by atoms with E-state index in [-0.39, 0.29) is 24.7 Å². The molecule has 1 aromatic carbocycles. The number of carbonyl (C=O) groups is 1. The van der Waals surface area contributed by atoms with Gasteiger partial charge in [-0.1, -0.05) is 44.2 Å². The Morgan fingerprint density at radius 1 is 1.27 bits per heavy atom. The van der Waals surface area contributed by atoms with Crippen LogP contribution >= 0.6 is 0 Å². The fourth-order valence-electron chi connectivity index (χ4n) is 4.20. The maximum atomic E-state index is 12.5. The van der Waals surface area contributed by atoms with Gasteiger partial charge in [0.2, 0.25) is 10.0 Å². The highest BCUT2D eigenvalue weighted by Crippen LogP contribution is 2.39. The zero-order valence-electron chi connectivity index (χ0n) is 18.9. The van der Waals surface area contributed by atoms with Crippen LogP contribution in [0, 0.1) is 5.41 Å². The molecule has 1 aromatic rings. The molecule has 0 aromatic heterocycles. The number of esters is 1. The Bertz CT molecular complexity index is 823. The van der Waals surface area contributed by atoms with Gasteiger partial charge in [-0.3, -0.25) is 4.79 Å². The van der Waals surface area contributed by atoms with Gasteiger partial charge in [0.05, 0.1) is 12.4 Å². The number of nitrogens with zero attached hydrogens (tertiary/aromatic N) is 1. The van der Waals surface area contributed by atoms with Crippen molar-refractivity contribution in [1.82, 2.24) is 4.31 Å². The molecule has 1 saturated heterocycles. The van der Waals surface area contributed by atoms with Crippen LogP contribution in [0.2, 0.25) is 0 Å². The highest BCUT2D eigenvalue weighted by molar-refractivity contribution is 7.88. The average molecular weight is 441 g/mol. The molecule has 0 spiro atoms. The molecule has 170 valence electrons. The summed E-state index contributed by atoms with van der Waals surface area (Å²) in [5, 5.41) is 0. The molecule has 1 aliphatic rings. The first-order valence-corrected chi connectivity index (χ1v) is 12.2. The largest absolute Gasteiger partial charge is 0.462 e. The SMILES string of the molecule is C[C@@H]1O[C@H](COC(=O)[C@@H](N)Cc2ccccc2)CN(S(C)(=O)=O)C(C)(C)CC1(C)C. The third-order valence-electron chi connectivity index (χ3n) is 5.84. The summed E-state index contributed by atoms with van der Waals surface area (Å²) in [6, 6.07) is 8.69. The Balaban J connectivity index is 2.11. The first-order valence-electron chi connectivity index (χ1n) is 10.3. The first kappa shape index (κ1) is 24.8. The lowest BCUT2D eigenvalue weighted by molar-refractivity contribution is -0.158. The molecule has 2 N–H and O–H groups in total. The van der Waals surface area contributed by atoms with Crippen molar-refractivity contribution in [2.45, 2.75) is 71.2 Å². The molecule has 1 aliphatic heterocycles. The molecule has 1 fully saturated rings. The molecule has 2 rings (SSSR count). The minimum absolute atomic E-state index is 0.0517. The van der Waals surface area contributed by atoms with Gasteiger partial charge in [0.15, 0.2) is 0 Å². The van der Waals surface area contributed by atoms with Crippen LogP contribution in [0.15, 0.2) is 30.3 Å². The standard InChI is InChI=1S/C22H36N2O5S/c1-16-21(2,3)15-22(4,5)24(30(6,26)27)13-18(29-16)14-28-20(25)19(23)12-17-10-8-7-9-11-17/h7-11,16,18-19H,12-15,23H2,1-6H3/t16-,18-,19-/m0/s1. The Kier molecular flexibility index (Phi) is 7.72. The summed E-state index contributed by atoms with van der Waals surface area (Å²) in [6.07, 6.45) is 1.49. The highest BCUT2D eigenvalue weighted by Gasteiger charge is 2.45. The van der Waals surface area contributed by atoms with Gasteiger partial charge >= 0.3 is 5.97 Å². The van der Waals surface area contributed by atoms with E-state index >= 15 is 0 Å². The molecule has 30 heavy (non-hydrogen) atoms. The lowest BCUT2D eigenvalue weighted by atomic mass is 9.75. The quantitative estimate of drug-likeness (QED) is 0.682. The van der Waals surface area contributed by atoms with Crippen molar-refractivity contribution >= 4 is 16.0 Å². The fourth-order valence-corrected chi connectivity index (χ4v) is 5.60. The van der Waals surface area contributed by atoms with Crippen LogP contribution in [-0.4, -0.2) is 61.9 Å². The second-order valence-corrected chi connectivity index (χ2v) is 11.5. The van der Waals surface area contributed by atoms with Crippen molar-refractivity contribution in [3.8, 4) is 0 Å². The van der Waals surface area contributed by atoms with Gasteiger partial charge in [-0.2, -0.15) is 4.31 Å². The van der Waals surface area contributed by atoms with E-state index in [4.69, 9.17) is 15.2 Å². The van der Waals surface area contributed by atoms with Gasteiger partial charge in [0, 0.05) is 12.1 Å². The fraction of sp³-hybridized carbons (Fsp3) is 0.682. The maximum absolute atomic E-state index is 12.5. The van der Waals surface area contributed by atoms with Crippen molar-refractivity contribution in [1.29, 1.82) is 0 Å². The van der Waals surface area contributed by atoms with Crippen LogP contribution in [0.4, 0.5) is 0 Å². The van der Waals surface area contributed by atoms with Gasteiger partial charge in [0.25, 0.3) is 0 Å². The third kappa shape index (κ3) is 6.51. The van der Waals surface area contributed by atoms with Crippen LogP contribution in [0.25, 0.3) is 0 Å². The van der Waals surface area contributed by atoms with Gasteiger partial charge in [-0.25, -0.2) is 8.42 Å². The number of nitrogens with two attached hydrogens (primary N) is 1. The molecule has 0 saturated carbocycles. The summed E-state index contributed by atoms with van der Waals surface area (Å²) in [5.41, 5.74) is 6.10. The lowest BCUT2D eigenvalue weighted by Crippen LogP contribution is -2.57. The number of ether oxygens (including phenoxy) is 2. The lowest BCUT2D eigenvalue weighted by Gasteiger charge is -2.48. The topological polar surface area (TPSA) is 98.9 Å². The predicted octanol–water partition coefficient (Wildman–Crippen LogP) is 2.34. The summed E-state index contributed by atoms with van der Waals surface area (Å²) in [7, 11) is -3.48. The van der Waals surface area contributed by atoms with Crippen molar-refractivity contribution in [2.75, 3.05) is 19.4 Å². The van der Waals surface area contributed by atoms with Gasteiger partial charge < -0.3 is 15.2 Å². The summed E-state index contributed by atoms with van der Waals surface area (Å²) in [6.45, 7) is 10.0. The summed E-state index contributed by atoms with van der Waals surface area (Å²) >= 11 is 0. The van der Waals surface area contributed by atoms with E-state index in [1.165, 1.54) is 10.6 Å². The van der Waals surface area contributed by atoms with Crippen molar-refractivity contribution in [2.24, 2.45) is 11.1 Å². The van der Waals surface area contributed by atoms with Gasteiger partial charge in [0.1, 0.15) is 18.8 Å². The Morgan fingerprint density at radius 3 is 2.43 bits per heavy atom. The van der Waals surface area contributed by atoms with Crippen LogP contribution in [0.1, 0.15) is 46.6 Å². The molecule has 7 nitrogen and oxygen atoms in total. The van der Waals surface area contributed by atoms with Crippen molar-refractivity contribution < 1.29 is 22.7 Å². The Morgan fingerprint density at radius 2 is 1.87 bits per heavy atom. The number of rotatable bonds is 6. The minimum Gasteiger partial charge on any atom is -0.462 e. The van der Waals surface area contributed by atoms with Crippen LogP contribution in [0.3, 0.4) is 0 Å². The molecule has 0 bridgehead atoms. The molecule has 0 unspecified atom stereocenters. The normalized spacial score (nSPS) is 25.7. The Labute approximate surface area is 181 Å². The number of benzene rings is 1. The maximum Gasteiger partial charge on any atom is 0.323 e. The van der Waals surface area contributed by atoms with E-state index in [9.17, 15) is 13.2 Å². The van der Waals surface area contributed by atoms with E-state index in [1.54, 1.807) is 0 Å². The molecule has 1 heterocycles. The zero-order valence-corrected chi connectivity index (χ0v) is 19.7. The smallest absolute Gasteiger partial charge is 0.323 e. The van der Waals surface area contributed by atoms with E-state index in [2.05, 4.69) is 13.8 Å². The zero-order chi connectivity index (χ0) is 22.7. The predicted molar refractivity (Wildman–Crippen MR) is 117 cm³/mol. The highest BCUT2D eigenvalue weighted by atomic mass is 32.2. The molecule has 0 radical (unpaired) electrons. The van der Waals surface area contributed by atoms with Crippen LogP contribution in [-0.2, 0) is 30.7 Å². The number of hydrogen-bond donors (Lipinski definition) is 1. The van der Waals surface area contributed by atoms with Crippen molar-refractivity contribution in [3.05, 3.63) is 35.9 Å². The molecule has 0 aliphatic carbocycles. The van der Waals surface area contributed by atoms with Crippen LogP contribution in [0.5, 0.6) is 0 Å². The second-order valence-electron chi connectivity index (χ2n) is 9.60. The number of hydrogen-bond acceptors (Lipinski definition) is 6. The summed E-state index contributed by atoms with van der Waals surface area (Å²) in [5.74, 6) is -0.526. The van der Waals surface area contributed by atoms with Gasteiger partial charge in [-0.05, 0) is 44.6 Å². The van der Waals surface area contributed by atoms with E-state index in [1.807, 2.05) is 51.1 Å². The summed E-state index contributed by atoms with van der Waals surface area (Å²) in [4.78, 5) is 12.4. The van der Waals surface area contributed by atoms with Gasteiger partial charge in [-0.15, -0.1) is 0 Å². The molecular formula is C22H36N2O5S. The number of sulfonamides is 1. The van der Waals surface area contributed by atoms with Crippen LogP contribution < -0.4 is 5.73 Å². The van der Waals surface area contributed by atoms with Crippen molar-refractivity contribution in [3.63, 3.8) is 0 Å². The molecular weight excluding hydrogens is 404 g/mol. The third-order valence-corrected chi connectivity index (χ3v) is 7.29. The van der Waals surface area contributed by atoms with E-state index in [0.717, 1.165) is 5.56 Å². The first-order chi connectivity index (χ1) is 13.7. The summed E-state index contributed by atoms with van der Waals surface area (Å²) < 4.78 is 38.0. The van der Waals surface area contributed by atoms with E-state index < -0.39 is 33.7 Å². The average Bonchev–Trinajstić information content (AvgIpc) is 2.61. The monoisotopic (exact) mass is 440 g/mol. The molecule has 8 heteroatoms. The minimum atomic E-state index is -3.48. The Hall–Kier alpha value is -1.48.